The molecule has 0 radical (unpaired) electrons. The SMILES string of the molecule is Cc1c(N)cncc1-c1cc2cc(Nc3cc4n(n3)CCN(C(C)C)CC4)ncc2c(N)c1F. The molecule has 176 valence electrons. The van der Waals surface area contributed by atoms with Gasteiger partial charge in [-0.2, -0.15) is 5.10 Å². The molecule has 1 aliphatic rings. The van der Waals surface area contributed by atoms with Gasteiger partial charge in [0.1, 0.15) is 5.82 Å². The molecule has 0 atom stereocenters. The molecule has 0 saturated carbocycles. The Balaban J connectivity index is 1.47. The second-order valence-electron chi connectivity index (χ2n) is 9.09. The van der Waals surface area contributed by atoms with Gasteiger partial charge in [0.25, 0.3) is 0 Å². The Labute approximate surface area is 197 Å². The molecule has 8 nitrogen and oxygen atoms in total. The maximum absolute atomic E-state index is 15.2. The van der Waals surface area contributed by atoms with Gasteiger partial charge < -0.3 is 16.8 Å². The molecule has 0 saturated heterocycles. The Morgan fingerprint density at radius 1 is 1.00 bits per heavy atom. The number of aromatic nitrogens is 4. The fourth-order valence-electron chi connectivity index (χ4n) is 4.53. The van der Waals surface area contributed by atoms with Crippen LogP contribution in [0.2, 0.25) is 0 Å². The lowest BCUT2D eigenvalue weighted by molar-refractivity contribution is 0.225. The van der Waals surface area contributed by atoms with E-state index in [0.717, 1.165) is 42.8 Å². The van der Waals surface area contributed by atoms with Gasteiger partial charge in [0, 0.05) is 66.2 Å². The predicted molar refractivity (Wildman–Crippen MR) is 134 cm³/mol. The summed E-state index contributed by atoms with van der Waals surface area (Å²) in [5.74, 6) is 0.855. The van der Waals surface area contributed by atoms with Gasteiger partial charge in [-0.3, -0.25) is 14.6 Å². The molecule has 3 aromatic heterocycles. The zero-order valence-electron chi connectivity index (χ0n) is 19.6. The normalized spacial score (nSPS) is 14.4. The summed E-state index contributed by atoms with van der Waals surface area (Å²) in [5.41, 5.74) is 15.6. The number of rotatable bonds is 4. The highest BCUT2D eigenvalue weighted by molar-refractivity contribution is 5.98. The van der Waals surface area contributed by atoms with Crippen LogP contribution in [0, 0.1) is 12.7 Å². The first-order valence-electron chi connectivity index (χ1n) is 11.5. The lowest BCUT2D eigenvalue weighted by Crippen LogP contribution is -2.33. The molecule has 0 bridgehead atoms. The molecule has 5 N–H and O–H groups in total. The van der Waals surface area contributed by atoms with Crippen LogP contribution in [0.3, 0.4) is 0 Å². The Kier molecular flexibility index (Phi) is 5.57. The van der Waals surface area contributed by atoms with E-state index in [1.807, 2.05) is 13.0 Å². The highest BCUT2D eigenvalue weighted by atomic mass is 19.1. The van der Waals surface area contributed by atoms with Crippen LogP contribution in [0.15, 0.2) is 36.8 Å². The smallest absolute Gasteiger partial charge is 0.154 e. The van der Waals surface area contributed by atoms with Crippen LogP contribution >= 0.6 is 0 Å². The van der Waals surface area contributed by atoms with Gasteiger partial charge in [-0.25, -0.2) is 9.37 Å². The van der Waals surface area contributed by atoms with E-state index < -0.39 is 5.82 Å². The number of benzene rings is 1. The van der Waals surface area contributed by atoms with Crippen LogP contribution in [0.5, 0.6) is 0 Å². The van der Waals surface area contributed by atoms with Gasteiger partial charge in [0.2, 0.25) is 0 Å². The Morgan fingerprint density at radius 3 is 2.62 bits per heavy atom. The molecule has 0 fully saturated rings. The number of nitrogens with one attached hydrogen (secondary N) is 1. The summed E-state index contributed by atoms with van der Waals surface area (Å²) in [6.07, 6.45) is 5.70. The highest BCUT2D eigenvalue weighted by Crippen LogP contribution is 2.36. The average molecular weight is 461 g/mol. The van der Waals surface area contributed by atoms with Gasteiger partial charge in [0.05, 0.1) is 24.1 Å². The van der Waals surface area contributed by atoms with Gasteiger partial charge in [-0.15, -0.1) is 0 Å². The number of nitrogens with two attached hydrogens (primary N) is 2. The minimum atomic E-state index is -0.501. The molecule has 9 heteroatoms. The van der Waals surface area contributed by atoms with E-state index in [9.17, 15) is 0 Å². The van der Waals surface area contributed by atoms with Gasteiger partial charge in [-0.1, -0.05) is 0 Å². The summed E-state index contributed by atoms with van der Waals surface area (Å²) in [6.45, 7) is 9.14. The van der Waals surface area contributed by atoms with Crippen molar-refractivity contribution in [2.75, 3.05) is 29.9 Å². The fourth-order valence-corrected chi connectivity index (χ4v) is 4.53. The number of pyridine rings is 2. The van der Waals surface area contributed by atoms with Crippen LogP contribution in [-0.2, 0) is 13.0 Å². The second-order valence-corrected chi connectivity index (χ2v) is 9.09. The van der Waals surface area contributed by atoms with Crippen LogP contribution < -0.4 is 16.8 Å². The Hall–Kier alpha value is -3.72. The van der Waals surface area contributed by atoms with Crippen LogP contribution in [0.4, 0.5) is 27.4 Å². The monoisotopic (exact) mass is 460 g/mol. The van der Waals surface area contributed by atoms with E-state index in [1.165, 1.54) is 5.69 Å². The van der Waals surface area contributed by atoms with Gasteiger partial charge >= 0.3 is 0 Å². The van der Waals surface area contributed by atoms with Crippen LogP contribution in [0.1, 0.15) is 25.1 Å². The maximum atomic E-state index is 15.2. The lowest BCUT2D eigenvalue weighted by Gasteiger charge is -2.23. The molecular weight excluding hydrogens is 431 g/mol. The van der Waals surface area contributed by atoms with Crippen molar-refractivity contribution in [3.05, 3.63) is 53.9 Å². The topological polar surface area (TPSA) is 111 Å². The third kappa shape index (κ3) is 3.92. The highest BCUT2D eigenvalue weighted by Gasteiger charge is 2.19. The molecule has 4 heterocycles. The maximum Gasteiger partial charge on any atom is 0.154 e. The Bertz CT molecular complexity index is 1350. The van der Waals surface area contributed by atoms with Crippen molar-refractivity contribution in [1.82, 2.24) is 24.6 Å². The fraction of sp³-hybridized carbons (Fsp3) is 0.320. The van der Waals surface area contributed by atoms with Gasteiger partial charge in [-0.05, 0) is 43.9 Å². The average Bonchev–Trinajstić information content (AvgIpc) is 3.08. The largest absolute Gasteiger partial charge is 0.397 e. The number of hydrogen-bond acceptors (Lipinski definition) is 7. The van der Waals surface area contributed by atoms with Crippen molar-refractivity contribution < 1.29 is 4.39 Å². The molecule has 1 aromatic carbocycles. The van der Waals surface area contributed by atoms with E-state index >= 15 is 4.39 Å². The van der Waals surface area contributed by atoms with Crippen molar-refractivity contribution in [1.29, 1.82) is 0 Å². The summed E-state index contributed by atoms with van der Waals surface area (Å²) < 4.78 is 17.2. The number of nitrogen functional groups attached to an aromatic ring is 2. The van der Waals surface area contributed by atoms with Crippen molar-refractivity contribution in [2.24, 2.45) is 0 Å². The lowest BCUT2D eigenvalue weighted by atomic mass is 9.97. The third-order valence-electron chi connectivity index (χ3n) is 6.65. The number of nitrogens with zero attached hydrogens (tertiary/aromatic N) is 5. The second kappa shape index (κ2) is 8.57. The summed E-state index contributed by atoms with van der Waals surface area (Å²) in [7, 11) is 0. The van der Waals surface area contributed by atoms with E-state index in [0.29, 0.717) is 34.1 Å². The standard InChI is InChI=1S/C25H29FN8/c1-14(2)33-5-4-17-10-23(32-34(17)7-6-33)31-22-9-16-8-18(19-11-29-13-21(27)15(19)3)24(26)25(28)20(16)12-30-22/h8-14H,4-7,27-28H2,1-3H3,(H,30,31,32). The molecule has 4 aromatic rings. The molecule has 0 amide bonds. The van der Waals surface area contributed by atoms with Crippen LogP contribution in [0.25, 0.3) is 21.9 Å². The van der Waals surface area contributed by atoms with Crippen molar-refractivity contribution in [2.45, 2.75) is 39.8 Å². The first kappa shape index (κ1) is 22.1. The quantitative estimate of drug-likeness (QED) is 0.393. The molecular formula is C25H29FN8. The first-order chi connectivity index (χ1) is 16.3. The number of anilines is 4. The third-order valence-corrected chi connectivity index (χ3v) is 6.65. The molecule has 34 heavy (non-hydrogen) atoms. The number of halogens is 1. The summed E-state index contributed by atoms with van der Waals surface area (Å²) in [5, 5.41) is 9.34. The molecule has 0 aliphatic carbocycles. The molecule has 5 rings (SSSR count). The van der Waals surface area contributed by atoms with E-state index in [4.69, 9.17) is 16.6 Å². The zero-order valence-corrected chi connectivity index (χ0v) is 19.6. The van der Waals surface area contributed by atoms with E-state index in [1.54, 1.807) is 24.7 Å². The summed E-state index contributed by atoms with van der Waals surface area (Å²) in [6, 6.07) is 6.22. The van der Waals surface area contributed by atoms with Gasteiger partial charge in [0.15, 0.2) is 11.6 Å². The Morgan fingerprint density at radius 2 is 1.82 bits per heavy atom. The zero-order chi connectivity index (χ0) is 24.0. The minimum Gasteiger partial charge on any atom is -0.397 e. The van der Waals surface area contributed by atoms with E-state index in [2.05, 4.69) is 44.8 Å². The van der Waals surface area contributed by atoms with E-state index in [-0.39, 0.29) is 5.69 Å². The summed E-state index contributed by atoms with van der Waals surface area (Å²) in [4.78, 5) is 11.0. The van der Waals surface area contributed by atoms with Crippen molar-refractivity contribution in [3.63, 3.8) is 0 Å². The number of hydrogen-bond donors (Lipinski definition) is 3. The van der Waals surface area contributed by atoms with Crippen LogP contribution in [-0.4, -0.2) is 43.8 Å². The summed E-state index contributed by atoms with van der Waals surface area (Å²) >= 11 is 0. The number of fused-ring (bicyclic) bond motifs is 2. The molecule has 0 spiro atoms. The van der Waals surface area contributed by atoms with Crippen molar-refractivity contribution in [3.8, 4) is 11.1 Å². The predicted octanol–water partition coefficient (Wildman–Crippen LogP) is 4.12. The molecule has 1 aliphatic heterocycles. The first-order valence-corrected chi connectivity index (χ1v) is 11.5. The van der Waals surface area contributed by atoms with Crippen molar-refractivity contribution >= 4 is 33.8 Å². The molecule has 0 unspecified atom stereocenters. The minimum absolute atomic E-state index is 0.0526.